The highest BCUT2D eigenvalue weighted by Gasteiger charge is 2.37. The smallest absolute Gasteiger partial charge is 0.235 e. The molecule has 0 fully saturated rings. The summed E-state index contributed by atoms with van der Waals surface area (Å²) in [6.07, 6.45) is 3.87. The first-order valence-electron chi connectivity index (χ1n) is 8.20. The fraction of sp³-hybridized carbons (Fsp3) is 0.211. The Hall–Kier alpha value is -3.35. The van der Waals surface area contributed by atoms with Gasteiger partial charge in [0, 0.05) is 13.2 Å². The van der Waals surface area contributed by atoms with Gasteiger partial charge in [-0.1, -0.05) is 17.3 Å². The first-order chi connectivity index (χ1) is 12.5. The molecule has 3 aromatic rings. The highest BCUT2D eigenvalue weighted by Crippen LogP contribution is 2.35. The number of benzene rings is 1. The molecule has 7 nitrogen and oxygen atoms in total. The molecule has 0 unspecified atom stereocenters. The van der Waals surface area contributed by atoms with Gasteiger partial charge >= 0.3 is 0 Å². The fourth-order valence-corrected chi connectivity index (χ4v) is 2.88. The van der Waals surface area contributed by atoms with Gasteiger partial charge in [-0.05, 0) is 42.8 Å². The van der Waals surface area contributed by atoms with E-state index >= 15 is 0 Å². The van der Waals surface area contributed by atoms with Crippen molar-refractivity contribution in [3.05, 3.63) is 60.4 Å². The van der Waals surface area contributed by atoms with Crippen LogP contribution in [0.1, 0.15) is 18.9 Å². The minimum Gasteiger partial charge on any atom is -0.508 e. The third-order valence-electron chi connectivity index (χ3n) is 4.37. The lowest BCUT2D eigenvalue weighted by Crippen LogP contribution is -2.23. The van der Waals surface area contributed by atoms with Crippen LogP contribution in [0.5, 0.6) is 11.5 Å². The van der Waals surface area contributed by atoms with Crippen LogP contribution < -0.4 is 4.74 Å². The molecule has 1 aromatic carbocycles. The molecule has 26 heavy (non-hydrogen) atoms. The Kier molecular flexibility index (Phi) is 3.84. The molecule has 1 aliphatic rings. The van der Waals surface area contributed by atoms with Crippen molar-refractivity contribution < 1.29 is 14.7 Å². The van der Waals surface area contributed by atoms with Gasteiger partial charge in [0.2, 0.25) is 5.90 Å². The molecule has 0 bridgehead atoms. The van der Waals surface area contributed by atoms with Gasteiger partial charge in [-0.15, -0.1) is 0 Å². The summed E-state index contributed by atoms with van der Waals surface area (Å²) in [5.41, 5.74) is 2.04. The van der Waals surface area contributed by atoms with Gasteiger partial charge in [0.15, 0.2) is 5.60 Å². The summed E-state index contributed by atoms with van der Waals surface area (Å²) >= 11 is 0. The first kappa shape index (κ1) is 16.1. The maximum Gasteiger partial charge on any atom is 0.235 e. The number of rotatable bonds is 3. The summed E-state index contributed by atoms with van der Waals surface area (Å²) in [6, 6.07) is 12.5. The molecular weight excluding hydrogens is 332 g/mol. The van der Waals surface area contributed by atoms with Gasteiger partial charge in [-0.3, -0.25) is 9.67 Å². The Morgan fingerprint density at radius 1 is 1.15 bits per heavy atom. The molecule has 132 valence electrons. The van der Waals surface area contributed by atoms with Crippen molar-refractivity contribution in [1.82, 2.24) is 14.8 Å². The zero-order chi connectivity index (χ0) is 18.1. The lowest BCUT2D eigenvalue weighted by Gasteiger charge is -2.21. The van der Waals surface area contributed by atoms with Crippen molar-refractivity contribution in [2.24, 2.45) is 12.2 Å². The number of aromatic nitrogens is 3. The Balaban J connectivity index is 1.45. The van der Waals surface area contributed by atoms with E-state index in [2.05, 4.69) is 15.2 Å². The van der Waals surface area contributed by atoms with E-state index in [4.69, 9.17) is 9.57 Å². The van der Waals surface area contributed by atoms with Gasteiger partial charge < -0.3 is 14.7 Å². The normalized spacial score (nSPS) is 19.1. The third-order valence-corrected chi connectivity index (χ3v) is 4.37. The van der Waals surface area contributed by atoms with E-state index in [0.717, 1.165) is 17.0 Å². The number of hydrogen-bond acceptors (Lipinski definition) is 6. The molecule has 2 aromatic heterocycles. The number of pyridine rings is 1. The number of phenolic OH excluding ortho intramolecular Hbond substituents is 1. The molecule has 0 saturated heterocycles. The molecule has 0 saturated carbocycles. The number of nitrogens with zero attached hydrogens (tertiary/aromatic N) is 4. The predicted octanol–water partition coefficient (Wildman–Crippen LogP) is 3.22. The quantitative estimate of drug-likeness (QED) is 0.784. The number of aromatic hydroxyl groups is 1. The summed E-state index contributed by atoms with van der Waals surface area (Å²) in [7, 11) is 1.87. The lowest BCUT2D eigenvalue weighted by atomic mass is 9.93. The average molecular weight is 350 g/mol. The predicted molar refractivity (Wildman–Crippen MR) is 95.7 cm³/mol. The molecule has 0 aliphatic carbocycles. The van der Waals surface area contributed by atoms with Crippen LogP contribution in [-0.2, 0) is 17.5 Å². The molecule has 0 radical (unpaired) electrons. The minimum atomic E-state index is -0.620. The van der Waals surface area contributed by atoms with Crippen molar-refractivity contribution in [3.63, 3.8) is 0 Å². The van der Waals surface area contributed by atoms with Crippen molar-refractivity contribution in [2.45, 2.75) is 18.9 Å². The summed E-state index contributed by atoms with van der Waals surface area (Å²) < 4.78 is 7.57. The molecule has 7 heteroatoms. The van der Waals surface area contributed by atoms with E-state index in [1.165, 1.54) is 0 Å². The van der Waals surface area contributed by atoms with Crippen molar-refractivity contribution >= 4 is 5.90 Å². The van der Waals surface area contributed by atoms with Gasteiger partial charge in [0.05, 0.1) is 24.0 Å². The second-order valence-electron chi connectivity index (χ2n) is 6.35. The molecule has 3 heterocycles. The summed E-state index contributed by atoms with van der Waals surface area (Å²) in [4.78, 5) is 10.0. The Bertz CT molecular complexity index is 948. The monoisotopic (exact) mass is 350 g/mol. The molecule has 1 aliphatic heterocycles. The lowest BCUT2D eigenvalue weighted by molar-refractivity contribution is -0.00742. The van der Waals surface area contributed by atoms with Crippen LogP contribution in [0.25, 0.3) is 11.4 Å². The number of ether oxygens (including phenoxy) is 1. The molecule has 0 spiro atoms. The van der Waals surface area contributed by atoms with Crippen LogP contribution in [0.2, 0.25) is 0 Å². The van der Waals surface area contributed by atoms with Crippen LogP contribution in [0.15, 0.2) is 60.0 Å². The van der Waals surface area contributed by atoms with E-state index in [-0.39, 0.29) is 5.75 Å². The standard InChI is InChI=1S/C19H18N4O3/c1-19(13-3-5-14(24)6-4-13)11-18(22-26-19)25-15-7-8-16(20-12-15)17-9-10-21-23(17)2/h3-10,12,24H,11H2,1-2H3/t19-/m1/s1. The Morgan fingerprint density at radius 2 is 1.96 bits per heavy atom. The minimum absolute atomic E-state index is 0.215. The second-order valence-corrected chi connectivity index (χ2v) is 6.35. The van der Waals surface area contributed by atoms with Crippen molar-refractivity contribution in [2.75, 3.05) is 0 Å². The van der Waals surface area contributed by atoms with Crippen LogP contribution >= 0.6 is 0 Å². The SMILES string of the molecule is Cn1nccc1-c1ccc(OC2=NO[C@@](C)(c3ccc(O)cc3)C2)cn1. The highest BCUT2D eigenvalue weighted by molar-refractivity contribution is 5.80. The van der Waals surface area contributed by atoms with Crippen molar-refractivity contribution in [3.8, 4) is 22.9 Å². The zero-order valence-electron chi connectivity index (χ0n) is 14.5. The zero-order valence-corrected chi connectivity index (χ0v) is 14.5. The van der Waals surface area contributed by atoms with E-state index in [1.807, 2.05) is 44.3 Å². The fourth-order valence-electron chi connectivity index (χ4n) is 2.88. The van der Waals surface area contributed by atoms with Gasteiger partial charge in [-0.25, -0.2) is 0 Å². The number of aryl methyl sites for hydroxylation is 1. The van der Waals surface area contributed by atoms with E-state index < -0.39 is 5.60 Å². The van der Waals surface area contributed by atoms with Crippen molar-refractivity contribution in [1.29, 1.82) is 0 Å². The molecule has 1 N–H and O–H groups in total. The number of oxime groups is 1. The van der Waals surface area contributed by atoms with Crippen LogP contribution in [0.3, 0.4) is 0 Å². The van der Waals surface area contributed by atoms with Crippen LogP contribution in [0, 0.1) is 0 Å². The van der Waals surface area contributed by atoms with Gasteiger partial charge in [0.25, 0.3) is 0 Å². The summed E-state index contributed by atoms with van der Waals surface area (Å²) in [6.45, 7) is 1.93. The van der Waals surface area contributed by atoms with E-state index in [0.29, 0.717) is 18.1 Å². The molecule has 1 atom stereocenters. The van der Waals surface area contributed by atoms with E-state index in [9.17, 15) is 5.11 Å². The highest BCUT2D eigenvalue weighted by atomic mass is 16.7. The largest absolute Gasteiger partial charge is 0.508 e. The Morgan fingerprint density at radius 3 is 2.62 bits per heavy atom. The summed E-state index contributed by atoms with van der Waals surface area (Å²) in [5.74, 6) is 1.29. The van der Waals surface area contributed by atoms with Gasteiger partial charge in [-0.2, -0.15) is 5.10 Å². The van der Waals surface area contributed by atoms with Gasteiger partial charge in [0.1, 0.15) is 11.5 Å². The van der Waals surface area contributed by atoms with E-state index in [1.54, 1.807) is 29.2 Å². The Labute approximate surface area is 150 Å². The number of hydrogen-bond donors (Lipinski definition) is 1. The molecular formula is C19H18N4O3. The van der Waals surface area contributed by atoms with Crippen LogP contribution in [0.4, 0.5) is 0 Å². The third kappa shape index (κ3) is 2.99. The first-order valence-corrected chi connectivity index (χ1v) is 8.20. The molecule has 0 amide bonds. The maximum atomic E-state index is 9.43. The maximum absolute atomic E-state index is 9.43. The van der Waals surface area contributed by atoms with Crippen LogP contribution in [-0.4, -0.2) is 25.8 Å². The topological polar surface area (TPSA) is 81.8 Å². The average Bonchev–Trinajstić information content (AvgIpc) is 3.23. The molecule has 4 rings (SSSR count). The number of phenols is 1. The second kappa shape index (κ2) is 6.18. The summed E-state index contributed by atoms with van der Waals surface area (Å²) in [5, 5.41) is 17.6.